The molecule has 16 nitrogen and oxygen atoms in total. The van der Waals surface area contributed by atoms with Gasteiger partial charge < -0.3 is 34.2 Å². The van der Waals surface area contributed by atoms with Crippen molar-refractivity contribution in [2.24, 2.45) is 0 Å². The number of carbonyl (C=O) groups excluding carboxylic acids is 3. The van der Waals surface area contributed by atoms with Gasteiger partial charge in [-0.1, -0.05) is 317 Å². The van der Waals surface area contributed by atoms with Crippen molar-refractivity contribution in [1.82, 2.24) is 0 Å². The number of allylic oxidation sites excluding steroid dienone is 36. The van der Waals surface area contributed by atoms with Crippen LogP contribution in [0.2, 0.25) is 0 Å². The number of esters is 3. The van der Waals surface area contributed by atoms with E-state index in [1.54, 1.807) is 0 Å². The molecule has 0 aliphatic carbocycles. The van der Waals surface area contributed by atoms with Crippen LogP contribution in [0.4, 0.5) is 0 Å². The topological polar surface area (TPSA) is 231 Å². The maximum Gasteiger partial charge on any atom is 0.472 e. The highest BCUT2D eigenvalue weighted by atomic mass is 31.2. The van der Waals surface area contributed by atoms with Gasteiger partial charge in [-0.2, -0.15) is 0 Å². The maximum absolute atomic E-state index is 13.0. The normalized spacial score (nSPS) is 15.0. The molecule has 0 amide bonds. The summed E-state index contributed by atoms with van der Waals surface area (Å²) in [5.74, 6) is -1.74. The van der Waals surface area contributed by atoms with Crippen LogP contribution < -0.4 is 0 Å². The Morgan fingerprint density at radius 1 is 0.257 bits per heavy atom. The summed E-state index contributed by atoms with van der Waals surface area (Å²) in [5, 5.41) is 20.7. The standard InChI is InChI=1S/C91H144O16P2/c1-4-7-10-13-16-19-22-25-28-31-34-36-37-38-39-40-41-42-43-44-45-46-47-49-52-53-56-59-62-65-68-71-74-77-89(94)101-80-86(92)81-103-108(97,98)104-82-87(93)83-105-109(99,100)106-85-88(107-91(96)79-76-73-70-67-64-61-58-55-50-33-30-27-24-21-18-15-12-9-6-3)84-102-90(95)78-75-72-69-66-63-60-57-54-51-48-35-32-29-26-23-20-17-14-11-8-5-2/h7-12,16-21,25-30,34-36,38-39,41-42,48,50,54-55,57,61,63-64,66,70,73,86-88,92-93H,4-6,13-15,22-24,31-33,37,40,43-47,49,51-53,56,58-60,62,65,67-69,71-72,74-85H2,1-3H3,(H,97,98)(H,99,100)/b10-7-,11-8-,12-9-,19-16-,20-17-,21-18-,28-25-,29-26-,30-27-,36-34-,39-38-,42-41-,48-35-,55-50-,57-54-,64-61-,66-63-,73-70-. The molecular weight excluding hydrogens is 1410 g/mol. The van der Waals surface area contributed by atoms with E-state index in [0.29, 0.717) is 25.7 Å². The first-order chi connectivity index (χ1) is 53.2. The molecule has 0 saturated heterocycles. The molecule has 0 spiro atoms. The fourth-order valence-corrected chi connectivity index (χ4v) is 11.7. The average molecular weight is 1560 g/mol. The molecular formula is C91H144O16P2. The minimum atomic E-state index is -4.97. The van der Waals surface area contributed by atoms with Crippen LogP contribution in [0.3, 0.4) is 0 Å². The summed E-state index contributed by atoms with van der Waals surface area (Å²) in [5.41, 5.74) is 0. The molecule has 0 aromatic rings. The first-order valence-corrected chi connectivity index (χ1v) is 44.0. The van der Waals surface area contributed by atoms with E-state index in [-0.39, 0.29) is 19.3 Å². The first-order valence-electron chi connectivity index (χ1n) is 41.0. The number of phosphoric ester groups is 2. The largest absolute Gasteiger partial charge is 0.472 e. The third kappa shape index (κ3) is 82.7. The number of aliphatic hydroxyl groups is 2. The van der Waals surface area contributed by atoms with Crippen molar-refractivity contribution in [2.75, 3.05) is 39.6 Å². The molecule has 0 rings (SSSR count). The fourth-order valence-electron chi connectivity index (χ4n) is 10.1. The van der Waals surface area contributed by atoms with Crippen LogP contribution in [0.5, 0.6) is 0 Å². The van der Waals surface area contributed by atoms with E-state index < -0.39 is 91.5 Å². The smallest absolute Gasteiger partial charge is 0.463 e. The molecule has 109 heavy (non-hydrogen) atoms. The molecule has 0 aromatic heterocycles. The van der Waals surface area contributed by atoms with Crippen molar-refractivity contribution >= 4 is 33.6 Å². The van der Waals surface area contributed by atoms with E-state index in [1.165, 1.54) is 64.2 Å². The van der Waals surface area contributed by atoms with Crippen LogP contribution in [0.1, 0.15) is 278 Å². The van der Waals surface area contributed by atoms with Gasteiger partial charge >= 0.3 is 33.6 Å². The lowest BCUT2D eigenvalue weighted by Crippen LogP contribution is -2.29. The molecule has 18 heteroatoms. The quantitative estimate of drug-likeness (QED) is 0.0146. The first kappa shape index (κ1) is 103. The van der Waals surface area contributed by atoms with Crippen LogP contribution >= 0.6 is 15.6 Å². The van der Waals surface area contributed by atoms with Crippen LogP contribution in [0, 0.1) is 0 Å². The maximum atomic E-state index is 13.0. The lowest BCUT2D eigenvalue weighted by molar-refractivity contribution is -0.161. The zero-order valence-electron chi connectivity index (χ0n) is 67.1. The minimum Gasteiger partial charge on any atom is -0.463 e. The summed E-state index contributed by atoms with van der Waals surface area (Å²) >= 11 is 0. The number of hydrogen-bond donors (Lipinski definition) is 4. The molecule has 0 aliphatic rings. The van der Waals surface area contributed by atoms with Gasteiger partial charge in [-0.3, -0.25) is 32.5 Å². The second kappa shape index (κ2) is 81.4. The van der Waals surface area contributed by atoms with Crippen LogP contribution in [0.15, 0.2) is 219 Å². The SMILES string of the molecule is CC/C=C\C/C=C\C/C=C\C/C=C\C/C=C\C/C=C\CCCCCCCCCCCCCCCCC(=O)OCC(O)COP(=O)(O)OCC(O)COP(=O)(O)OCC(COC(=O)CCCC/C=C\C/C=C\C/C=C\C/C=C\C/C=C\C/C=C\CC)OC(=O)CC/C=C\C/C=C\C/C=C\C/C=C\C/C=C\C/C=C\CC. The Morgan fingerprint density at radius 3 is 0.780 bits per heavy atom. The summed E-state index contributed by atoms with van der Waals surface area (Å²) in [4.78, 5) is 58.7. The molecule has 0 bridgehead atoms. The van der Waals surface area contributed by atoms with E-state index in [1.807, 2.05) is 18.2 Å². The molecule has 0 heterocycles. The van der Waals surface area contributed by atoms with Crippen molar-refractivity contribution in [3.8, 4) is 0 Å². The Balaban J connectivity index is 4.63. The second-order valence-corrected chi connectivity index (χ2v) is 29.3. The summed E-state index contributed by atoms with van der Waals surface area (Å²) in [6, 6.07) is 0. The highest BCUT2D eigenvalue weighted by molar-refractivity contribution is 7.47. The summed E-state index contributed by atoms with van der Waals surface area (Å²) < 4.78 is 61.1. The van der Waals surface area contributed by atoms with Gasteiger partial charge in [0.1, 0.15) is 25.4 Å². The van der Waals surface area contributed by atoms with Gasteiger partial charge in [0.15, 0.2) is 6.10 Å². The van der Waals surface area contributed by atoms with Gasteiger partial charge in [0, 0.05) is 19.3 Å². The van der Waals surface area contributed by atoms with E-state index >= 15 is 0 Å². The zero-order chi connectivity index (χ0) is 79.4. The number of rotatable bonds is 75. The average Bonchev–Trinajstić information content (AvgIpc) is 0.896. The molecule has 614 valence electrons. The van der Waals surface area contributed by atoms with E-state index in [4.69, 9.17) is 32.3 Å². The van der Waals surface area contributed by atoms with Gasteiger partial charge in [-0.25, -0.2) is 9.13 Å². The second-order valence-electron chi connectivity index (χ2n) is 26.4. The highest BCUT2D eigenvalue weighted by Gasteiger charge is 2.29. The highest BCUT2D eigenvalue weighted by Crippen LogP contribution is 2.45. The lowest BCUT2D eigenvalue weighted by Gasteiger charge is -2.21. The summed E-state index contributed by atoms with van der Waals surface area (Å²) in [6.45, 7) is 2.17. The number of phosphoric acid groups is 2. The third-order valence-corrected chi connectivity index (χ3v) is 18.1. The number of carbonyl (C=O) groups is 3. The van der Waals surface area contributed by atoms with E-state index in [2.05, 4.69) is 221 Å². The van der Waals surface area contributed by atoms with Gasteiger partial charge in [0.25, 0.3) is 0 Å². The Kier molecular flexibility index (Phi) is 76.8. The Labute approximate surface area is 660 Å². The minimum absolute atomic E-state index is 0.0396. The Bertz CT molecular complexity index is 2860. The van der Waals surface area contributed by atoms with Gasteiger partial charge in [0.2, 0.25) is 0 Å². The Hall–Kier alpha value is -6.13. The van der Waals surface area contributed by atoms with Gasteiger partial charge in [-0.05, 0) is 161 Å². The monoisotopic (exact) mass is 1550 g/mol. The molecule has 4 N–H and O–H groups in total. The summed E-state index contributed by atoms with van der Waals surface area (Å²) in [7, 11) is -9.85. The van der Waals surface area contributed by atoms with Crippen molar-refractivity contribution in [3.63, 3.8) is 0 Å². The number of unbranched alkanes of at least 4 members (excludes halogenated alkanes) is 16. The molecule has 0 fully saturated rings. The van der Waals surface area contributed by atoms with Crippen LogP contribution in [-0.2, 0) is 55.8 Å². The van der Waals surface area contributed by atoms with Gasteiger partial charge in [-0.15, -0.1) is 0 Å². The number of hydrogen-bond acceptors (Lipinski definition) is 14. The van der Waals surface area contributed by atoms with E-state index in [9.17, 15) is 43.5 Å². The predicted octanol–water partition coefficient (Wildman–Crippen LogP) is 24.6. The Morgan fingerprint density at radius 2 is 0.477 bits per heavy atom. The fraction of sp³-hybridized carbons (Fsp3) is 0.571. The van der Waals surface area contributed by atoms with E-state index in [0.717, 1.165) is 148 Å². The third-order valence-electron chi connectivity index (χ3n) is 16.2. The molecule has 5 atom stereocenters. The van der Waals surface area contributed by atoms with Crippen LogP contribution in [0.25, 0.3) is 0 Å². The zero-order valence-corrected chi connectivity index (χ0v) is 68.9. The number of aliphatic hydroxyl groups excluding tert-OH is 2. The molecule has 0 aliphatic heterocycles. The van der Waals surface area contributed by atoms with Crippen molar-refractivity contribution in [3.05, 3.63) is 219 Å². The van der Waals surface area contributed by atoms with Crippen molar-refractivity contribution < 1.29 is 75.8 Å². The molecule has 0 radical (unpaired) electrons. The molecule has 0 saturated carbocycles. The summed E-state index contributed by atoms with van der Waals surface area (Å²) in [6.07, 6.45) is 110. The van der Waals surface area contributed by atoms with Crippen molar-refractivity contribution in [2.45, 2.75) is 296 Å². The van der Waals surface area contributed by atoms with Crippen LogP contribution in [-0.4, -0.2) is 95.9 Å². The molecule has 5 unspecified atom stereocenters. The molecule has 0 aromatic carbocycles. The predicted molar refractivity (Wildman–Crippen MR) is 453 cm³/mol. The number of ether oxygens (including phenoxy) is 3. The van der Waals surface area contributed by atoms with Crippen molar-refractivity contribution in [1.29, 1.82) is 0 Å². The lowest BCUT2D eigenvalue weighted by atomic mass is 10.0. The van der Waals surface area contributed by atoms with Gasteiger partial charge in [0.05, 0.1) is 26.4 Å².